The first-order valence-electron chi connectivity index (χ1n) is 9.45. The van der Waals surface area contributed by atoms with E-state index in [-0.39, 0.29) is 18.4 Å². The Morgan fingerprint density at radius 1 is 1.35 bits per heavy atom. The highest BCUT2D eigenvalue weighted by Crippen LogP contribution is 2.29. The Hall–Kier alpha value is -1.30. The van der Waals surface area contributed by atoms with Gasteiger partial charge in [0.1, 0.15) is 18.0 Å². The normalized spacial score (nSPS) is 25.0. The predicted octanol–water partition coefficient (Wildman–Crippen LogP) is 3.20. The summed E-state index contributed by atoms with van der Waals surface area (Å²) in [5.74, 6) is 0.872. The van der Waals surface area contributed by atoms with Crippen molar-refractivity contribution in [1.82, 2.24) is 4.90 Å². The van der Waals surface area contributed by atoms with Gasteiger partial charge in [-0.2, -0.15) is 0 Å². The lowest BCUT2D eigenvalue weighted by Gasteiger charge is -2.29. The molecule has 26 heavy (non-hydrogen) atoms. The molecule has 2 aliphatic heterocycles. The fourth-order valence-corrected chi connectivity index (χ4v) is 3.85. The van der Waals surface area contributed by atoms with Crippen LogP contribution in [0.15, 0.2) is 18.2 Å². The average molecular weight is 382 g/mol. The van der Waals surface area contributed by atoms with E-state index in [2.05, 4.69) is 0 Å². The largest absolute Gasteiger partial charge is 0.489 e. The first-order valence-corrected chi connectivity index (χ1v) is 9.82. The summed E-state index contributed by atoms with van der Waals surface area (Å²) in [6, 6.07) is 5.61. The number of rotatable bonds is 4. The smallest absolute Gasteiger partial charge is 0.225 e. The molecule has 3 rings (SSSR count). The third kappa shape index (κ3) is 4.90. The quantitative estimate of drug-likeness (QED) is 0.870. The van der Waals surface area contributed by atoms with Crippen LogP contribution in [0.3, 0.4) is 0 Å². The average Bonchev–Trinajstić information content (AvgIpc) is 2.85. The molecule has 1 aromatic rings. The molecule has 2 saturated heterocycles. The maximum absolute atomic E-state index is 12.7. The number of carbonyl (C=O) groups is 1. The van der Waals surface area contributed by atoms with Crippen LogP contribution in [0.2, 0.25) is 5.02 Å². The summed E-state index contributed by atoms with van der Waals surface area (Å²) in [5, 5.41) is 11.5. The Morgan fingerprint density at radius 2 is 2.12 bits per heavy atom. The molecule has 1 amide bonds. The molecule has 5 nitrogen and oxygen atoms in total. The second-order valence-electron chi connectivity index (χ2n) is 7.51. The molecule has 0 spiro atoms. The molecule has 144 valence electrons. The van der Waals surface area contributed by atoms with Crippen LogP contribution in [0.5, 0.6) is 5.75 Å². The fraction of sp³-hybridized carbons (Fsp3) is 0.650. The first kappa shape index (κ1) is 19.5. The van der Waals surface area contributed by atoms with Gasteiger partial charge >= 0.3 is 0 Å². The summed E-state index contributed by atoms with van der Waals surface area (Å²) in [6.07, 6.45) is 3.51. The number of aryl methyl sites for hydroxylation is 1. The zero-order chi connectivity index (χ0) is 18.6. The lowest BCUT2D eigenvalue weighted by Crippen LogP contribution is -2.41. The van der Waals surface area contributed by atoms with Crippen molar-refractivity contribution in [2.75, 3.05) is 32.9 Å². The van der Waals surface area contributed by atoms with E-state index in [4.69, 9.17) is 21.1 Å². The van der Waals surface area contributed by atoms with Crippen molar-refractivity contribution in [2.45, 2.75) is 44.6 Å². The van der Waals surface area contributed by atoms with E-state index in [1.165, 1.54) is 0 Å². The van der Waals surface area contributed by atoms with Crippen LogP contribution in [-0.2, 0) is 9.53 Å². The molecular formula is C20H28ClNO4. The van der Waals surface area contributed by atoms with Gasteiger partial charge < -0.3 is 19.5 Å². The second kappa shape index (κ2) is 8.59. The van der Waals surface area contributed by atoms with Gasteiger partial charge in [-0.05, 0) is 56.7 Å². The van der Waals surface area contributed by atoms with E-state index in [0.29, 0.717) is 49.9 Å². The number of nitrogens with zero attached hydrogens (tertiary/aromatic N) is 1. The Balaban J connectivity index is 1.56. The van der Waals surface area contributed by atoms with Crippen molar-refractivity contribution in [3.8, 4) is 5.75 Å². The van der Waals surface area contributed by atoms with Crippen LogP contribution < -0.4 is 4.74 Å². The molecule has 1 aromatic carbocycles. The Kier molecular flexibility index (Phi) is 6.43. The number of halogens is 1. The van der Waals surface area contributed by atoms with E-state index < -0.39 is 5.60 Å². The minimum absolute atomic E-state index is 0.0669. The maximum Gasteiger partial charge on any atom is 0.225 e. The zero-order valence-electron chi connectivity index (χ0n) is 15.4. The van der Waals surface area contributed by atoms with Crippen molar-refractivity contribution in [3.63, 3.8) is 0 Å². The molecule has 2 aliphatic rings. The minimum Gasteiger partial charge on any atom is -0.489 e. The third-order valence-electron chi connectivity index (χ3n) is 5.38. The maximum atomic E-state index is 12.7. The van der Waals surface area contributed by atoms with Crippen molar-refractivity contribution in [2.24, 2.45) is 5.92 Å². The van der Waals surface area contributed by atoms with Gasteiger partial charge in [-0.25, -0.2) is 0 Å². The molecule has 0 aliphatic carbocycles. The number of ether oxygens (including phenoxy) is 2. The number of aliphatic hydroxyl groups is 1. The molecule has 1 N–H and O–H groups in total. The fourth-order valence-electron chi connectivity index (χ4n) is 3.68. The lowest BCUT2D eigenvalue weighted by molar-refractivity contribution is -0.138. The first-order chi connectivity index (χ1) is 12.5. The van der Waals surface area contributed by atoms with Crippen LogP contribution in [0.1, 0.15) is 37.7 Å². The minimum atomic E-state index is -0.933. The van der Waals surface area contributed by atoms with Crippen molar-refractivity contribution < 1.29 is 19.4 Å². The number of likely N-dealkylation sites (tertiary alicyclic amines) is 1. The SMILES string of the molecule is Cc1ccc(Cl)c(OCC2(O)CCCN(C(=O)C3CCOCC3)CC2)c1. The topological polar surface area (TPSA) is 59.0 Å². The highest BCUT2D eigenvalue weighted by atomic mass is 35.5. The monoisotopic (exact) mass is 381 g/mol. The molecule has 0 saturated carbocycles. The van der Waals surface area contributed by atoms with Gasteiger partial charge in [0.2, 0.25) is 5.91 Å². The number of hydrogen-bond donors (Lipinski definition) is 1. The second-order valence-corrected chi connectivity index (χ2v) is 7.92. The van der Waals surface area contributed by atoms with E-state index in [0.717, 1.165) is 24.8 Å². The standard InChI is InChI=1S/C20H28ClNO4/c1-15-3-4-17(21)18(13-15)26-14-20(24)7-2-9-22(10-8-20)19(23)16-5-11-25-12-6-16/h3-4,13,16,24H,2,5-12,14H2,1H3. The van der Waals surface area contributed by atoms with Gasteiger partial charge in [0.25, 0.3) is 0 Å². The summed E-state index contributed by atoms with van der Waals surface area (Å²) < 4.78 is 11.2. The van der Waals surface area contributed by atoms with Crippen molar-refractivity contribution in [1.29, 1.82) is 0 Å². The van der Waals surface area contributed by atoms with Gasteiger partial charge in [-0.3, -0.25) is 4.79 Å². The summed E-state index contributed by atoms with van der Waals surface area (Å²) in [4.78, 5) is 14.6. The van der Waals surface area contributed by atoms with Crippen molar-refractivity contribution >= 4 is 17.5 Å². The van der Waals surface area contributed by atoms with Crippen LogP contribution in [0.4, 0.5) is 0 Å². The number of amides is 1. The van der Waals surface area contributed by atoms with Crippen LogP contribution in [0, 0.1) is 12.8 Å². The van der Waals surface area contributed by atoms with Crippen LogP contribution >= 0.6 is 11.6 Å². The number of benzene rings is 1. The molecule has 1 atom stereocenters. The number of hydrogen-bond acceptors (Lipinski definition) is 4. The Morgan fingerprint density at radius 3 is 2.88 bits per heavy atom. The number of carbonyl (C=O) groups excluding carboxylic acids is 1. The molecule has 2 fully saturated rings. The Labute approximate surface area is 160 Å². The Bertz CT molecular complexity index is 632. The van der Waals surface area contributed by atoms with Crippen LogP contribution in [0.25, 0.3) is 0 Å². The molecule has 0 bridgehead atoms. The van der Waals surface area contributed by atoms with Gasteiger partial charge in [-0.15, -0.1) is 0 Å². The van der Waals surface area contributed by atoms with Crippen LogP contribution in [-0.4, -0.2) is 54.4 Å². The van der Waals surface area contributed by atoms with Gasteiger partial charge in [-0.1, -0.05) is 17.7 Å². The molecule has 0 aromatic heterocycles. The van der Waals surface area contributed by atoms with Crippen molar-refractivity contribution in [3.05, 3.63) is 28.8 Å². The molecular weight excluding hydrogens is 354 g/mol. The molecule has 2 heterocycles. The van der Waals surface area contributed by atoms with Gasteiger partial charge in [0, 0.05) is 32.2 Å². The lowest BCUT2D eigenvalue weighted by atomic mass is 9.96. The summed E-state index contributed by atoms with van der Waals surface area (Å²) in [7, 11) is 0. The van der Waals surface area contributed by atoms with E-state index in [1.54, 1.807) is 6.07 Å². The van der Waals surface area contributed by atoms with Gasteiger partial charge in [0.15, 0.2) is 0 Å². The highest BCUT2D eigenvalue weighted by Gasteiger charge is 2.34. The highest BCUT2D eigenvalue weighted by molar-refractivity contribution is 6.32. The van der Waals surface area contributed by atoms with E-state index >= 15 is 0 Å². The third-order valence-corrected chi connectivity index (χ3v) is 5.69. The predicted molar refractivity (Wildman–Crippen MR) is 101 cm³/mol. The molecule has 1 unspecified atom stereocenters. The van der Waals surface area contributed by atoms with E-state index in [1.807, 2.05) is 24.0 Å². The summed E-state index contributed by atoms with van der Waals surface area (Å²) >= 11 is 6.17. The van der Waals surface area contributed by atoms with Gasteiger partial charge in [0.05, 0.1) is 5.02 Å². The summed E-state index contributed by atoms with van der Waals surface area (Å²) in [5.41, 5.74) is 0.128. The summed E-state index contributed by atoms with van der Waals surface area (Å²) in [6.45, 7) is 4.76. The molecule has 6 heteroatoms. The zero-order valence-corrected chi connectivity index (χ0v) is 16.1. The molecule has 0 radical (unpaired) electrons. The van der Waals surface area contributed by atoms with E-state index in [9.17, 15) is 9.90 Å².